The van der Waals surface area contributed by atoms with Crippen molar-refractivity contribution in [2.45, 2.75) is 24.5 Å². The van der Waals surface area contributed by atoms with Gasteiger partial charge in [-0.2, -0.15) is 4.98 Å². The van der Waals surface area contributed by atoms with Gasteiger partial charge in [-0.3, -0.25) is 18.9 Å². The van der Waals surface area contributed by atoms with Gasteiger partial charge in [0.15, 0.2) is 17.4 Å². The number of aliphatic hydroxyl groups is 2. The third kappa shape index (κ3) is 3.43. The van der Waals surface area contributed by atoms with Gasteiger partial charge in [-0.25, -0.2) is 9.55 Å². The molecule has 2 aromatic heterocycles. The van der Waals surface area contributed by atoms with E-state index in [9.17, 15) is 19.6 Å². The number of aliphatic hydroxyl groups excluding tert-OH is 2. The second kappa shape index (κ2) is 6.46. The molecule has 0 aliphatic carbocycles. The lowest BCUT2D eigenvalue weighted by Gasteiger charge is -2.16. The van der Waals surface area contributed by atoms with E-state index in [0.29, 0.717) is 0 Å². The molecule has 2 aromatic rings. The van der Waals surface area contributed by atoms with Gasteiger partial charge in [-0.05, 0) is 0 Å². The van der Waals surface area contributed by atoms with Crippen LogP contribution in [0.15, 0.2) is 11.1 Å². The first-order chi connectivity index (χ1) is 11.7. The first kappa shape index (κ1) is 17.9. The molecule has 3 heterocycles. The number of imidazole rings is 1. The number of aromatic amines is 1. The molecule has 0 bridgehead atoms. The number of H-pyrrole nitrogens is 1. The van der Waals surface area contributed by atoms with Crippen molar-refractivity contribution in [2.75, 3.05) is 13.7 Å². The zero-order valence-electron chi connectivity index (χ0n) is 12.7. The van der Waals surface area contributed by atoms with Gasteiger partial charge in [0, 0.05) is 0 Å². The minimum absolute atomic E-state index is 0.0356. The predicted octanol–water partition coefficient (Wildman–Crippen LogP) is -2.14. The topological polar surface area (TPSA) is 189 Å². The number of phosphoric ester groups is 1. The van der Waals surface area contributed by atoms with E-state index in [4.69, 9.17) is 19.3 Å². The Kier molecular flexibility index (Phi) is 4.64. The van der Waals surface area contributed by atoms with E-state index >= 15 is 0 Å². The zero-order chi connectivity index (χ0) is 18.4. The molecule has 1 saturated heterocycles. The Morgan fingerprint density at radius 2 is 2.12 bits per heavy atom. The first-order valence-electron chi connectivity index (χ1n) is 6.94. The maximum Gasteiger partial charge on any atom is 0.469 e. The van der Waals surface area contributed by atoms with Crippen molar-refractivity contribution in [3.63, 3.8) is 0 Å². The van der Waals surface area contributed by atoms with Crippen molar-refractivity contribution in [2.24, 2.45) is 0 Å². The molecule has 138 valence electrons. The van der Waals surface area contributed by atoms with Gasteiger partial charge >= 0.3 is 7.82 Å². The number of aromatic nitrogens is 4. The fourth-order valence-electron chi connectivity index (χ4n) is 2.46. The van der Waals surface area contributed by atoms with Crippen LogP contribution in [-0.4, -0.2) is 71.5 Å². The molecule has 14 heteroatoms. The van der Waals surface area contributed by atoms with Crippen LogP contribution in [0.4, 0.5) is 0 Å². The highest BCUT2D eigenvalue weighted by Gasteiger charge is 2.45. The monoisotopic (exact) mass is 378 g/mol. The summed E-state index contributed by atoms with van der Waals surface area (Å²) in [5, 5.41) is 20.2. The Morgan fingerprint density at radius 1 is 1.40 bits per heavy atom. The van der Waals surface area contributed by atoms with Crippen LogP contribution in [0.1, 0.15) is 6.23 Å². The van der Waals surface area contributed by atoms with Gasteiger partial charge in [0.05, 0.1) is 20.0 Å². The molecule has 0 aromatic carbocycles. The van der Waals surface area contributed by atoms with Crippen molar-refractivity contribution in [3.05, 3.63) is 16.7 Å². The Hall–Kier alpha value is -1.86. The normalized spacial score (nSPS) is 27.1. The summed E-state index contributed by atoms with van der Waals surface area (Å²) < 4.78 is 26.5. The number of ether oxygens (including phenoxy) is 2. The minimum Gasteiger partial charge on any atom is -0.468 e. The average molecular weight is 378 g/mol. The molecule has 13 nitrogen and oxygen atoms in total. The number of methoxy groups -OCH3 is 1. The van der Waals surface area contributed by atoms with Gasteiger partial charge in [-0.1, -0.05) is 0 Å². The van der Waals surface area contributed by atoms with E-state index in [1.54, 1.807) is 0 Å². The first-order valence-corrected chi connectivity index (χ1v) is 8.47. The quantitative estimate of drug-likeness (QED) is 0.357. The number of nitrogens with one attached hydrogen (secondary N) is 1. The third-order valence-corrected chi connectivity index (χ3v) is 4.11. The van der Waals surface area contributed by atoms with Gasteiger partial charge in [0.25, 0.3) is 11.6 Å². The summed E-state index contributed by atoms with van der Waals surface area (Å²) in [5.74, 6) is 0. The Balaban J connectivity index is 1.91. The average Bonchev–Trinajstić information content (AvgIpc) is 3.08. The lowest BCUT2D eigenvalue weighted by atomic mass is 10.1. The highest BCUT2D eigenvalue weighted by atomic mass is 31.2. The Bertz CT molecular complexity index is 876. The van der Waals surface area contributed by atoms with Gasteiger partial charge in [0.2, 0.25) is 0 Å². The number of phosphoric acid groups is 1. The van der Waals surface area contributed by atoms with Gasteiger partial charge in [0.1, 0.15) is 18.3 Å². The van der Waals surface area contributed by atoms with Crippen LogP contribution >= 0.6 is 7.82 Å². The molecule has 4 unspecified atom stereocenters. The van der Waals surface area contributed by atoms with E-state index in [0.717, 1.165) is 0 Å². The van der Waals surface area contributed by atoms with Crippen molar-refractivity contribution < 1.29 is 38.6 Å². The maximum atomic E-state index is 11.9. The van der Waals surface area contributed by atoms with E-state index < -0.39 is 44.5 Å². The molecular formula is C11H15N4O9P. The molecule has 4 atom stereocenters. The van der Waals surface area contributed by atoms with E-state index in [1.807, 2.05) is 0 Å². The van der Waals surface area contributed by atoms with Gasteiger partial charge in [-0.15, -0.1) is 0 Å². The van der Waals surface area contributed by atoms with Crippen LogP contribution in [-0.2, 0) is 13.8 Å². The molecule has 0 amide bonds. The standard InChI is InChI=1S/C11H15N4O9P/c1-22-11-13-8-5(9(18)14-11)12-3-15(8)10-7(17)6(16)4(24-10)2-23-25(19,20)21/h3-4,6-7,10,16-17H,2H2,1H3,(H,13,14,18)(H2,19,20,21). The van der Waals surface area contributed by atoms with E-state index in [1.165, 1.54) is 18.0 Å². The summed E-state index contributed by atoms with van der Waals surface area (Å²) in [7, 11) is -3.47. The summed E-state index contributed by atoms with van der Waals surface area (Å²) in [6, 6.07) is -0.0892. The number of fused-ring (bicyclic) bond motifs is 1. The second-order valence-electron chi connectivity index (χ2n) is 5.23. The molecule has 0 saturated carbocycles. The molecule has 5 N–H and O–H groups in total. The van der Waals surface area contributed by atoms with E-state index in [2.05, 4.69) is 19.5 Å². The Morgan fingerprint density at radius 3 is 2.76 bits per heavy atom. The third-order valence-electron chi connectivity index (χ3n) is 3.62. The van der Waals surface area contributed by atoms with Crippen LogP contribution in [0, 0.1) is 0 Å². The second-order valence-corrected chi connectivity index (χ2v) is 6.47. The fourth-order valence-corrected chi connectivity index (χ4v) is 2.80. The highest BCUT2D eigenvalue weighted by molar-refractivity contribution is 7.46. The predicted molar refractivity (Wildman–Crippen MR) is 78.6 cm³/mol. The van der Waals surface area contributed by atoms with E-state index in [-0.39, 0.29) is 17.2 Å². The molecule has 0 spiro atoms. The number of hydrogen-bond acceptors (Lipinski definition) is 9. The summed E-state index contributed by atoms with van der Waals surface area (Å²) in [6.07, 6.45) is -4.20. The molecule has 1 aliphatic rings. The van der Waals surface area contributed by atoms with Crippen LogP contribution in [0.2, 0.25) is 0 Å². The van der Waals surface area contributed by atoms with Crippen molar-refractivity contribution in [1.82, 2.24) is 19.5 Å². The van der Waals surface area contributed by atoms with Crippen LogP contribution in [0.25, 0.3) is 11.2 Å². The molecular weight excluding hydrogens is 363 g/mol. The maximum absolute atomic E-state index is 11.9. The van der Waals surface area contributed by atoms with Crippen molar-refractivity contribution >= 4 is 19.0 Å². The summed E-state index contributed by atoms with van der Waals surface area (Å²) >= 11 is 0. The smallest absolute Gasteiger partial charge is 0.468 e. The molecule has 1 fully saturated rings. The number of nitrogens with zero attached hydrogens (tertiary/aromatic N) is 3. The molecule has 25 heavy (non-hydrogen) atoms. The fraction of sp³-hybridized carbons (Fsp3) is 0.545. The van der Waals surface area contributed by atoms with Crippen LogP contribution in [0.5, 0.6) is 6.01 Å². The summed E-state index contributed by atoms with van der Waals surface area (Å²) in [4.78, 5) is 39.6. The minimum atomic E-state index is -4.77. The van der Waals surface area contributed by atoms with Gasteiger partial charge < -0.3 is 29.5 Å². The molecule has 0 radical (unpaired) electrons. The number of rotatable bonds is 5. The largest absolute Gasteiger partial charge is 0.469 e. The lowest BCUT2D eigenvalue weighted by molar-refractivity contribution is -0.0504. The SMILES string of the molecule is COc1nc2c(ncn2C2OC(COP(=O)(O)O)C(O)C2O)c(=O)[nH]1. The van der Waals surface area contributed by atoms with Crippen LogP contribution in [0.3, 0.4) is 0 Å². The number of hydrogen-bond donors (Lipinski definition) is 5. The molecule has 1 aliphatic heterocycles. The molecule has 3 rings (SSSR count). The van der Waals surface area contributed by atoms with Crippen molar-refractivity contribution in [1.29, 1.82) is 0 Å². The summed E-state index contributed by atoms with van der Waals surface area (Å²) in [6.45, 7) is -0.650. The summed E-state index contributed by atoms with van der Waals surface area (Å²) in [5.41, 5.74) is -0.579. The van der Waals surface area contributed by atoms with Crippen molar-refractivity contribution in [3.8, 4) is 6.01 Å². The Labute approximate surface area is 139 Å². The lowest BCUT2D eigenvalue weighted by Crippen LogP contribution is -2.33. The zero-order valence-corrected chi connectivity index (χ0v) is 13.6. The van der Waals surface area contributed by atoms with Crippen LogP contribution < -0.4 is 10.3 Å². The highest BCUT2D eigenvalue weighted by Crippen LogP contribution is 2.38.